The van der Waals surface area contributed by atoms with Crippen molar-refractivity contribution >= 4 is 22.6 Å². The Morgan fingerprint density at radius 3 is 2.81 bits per heavy atom. The van der Waals surface area contributed by atoms with E-state index in [9.17, 15) is 4.39 Å². The Morgan fingerprint density at radius 1 is 1.38 bits per heavy atom. The third-order valence-electron chi connectivity index (χ3n) is 3.59. The Bertz CT molecular complexity index is 583. The van der Waals surface area contributed by atoms with Crippen LogP contribution in [0, 0.1) is 9.39 Å². The summed E-state index contributed by atoms with van der Waals surface area (Å²) in [5, 5.41) is 7.77. The Hall–Kier alpha value is -0.950. The molecule has 0 saturated carbocycles. The van der Waals surface area contributed by atoms with E-state index in [0.717, 1.165) is 29.4 Å². The zero-order chi connectivity index (χ0) is 15.2. The molecule has 3 nitrogen and oxygen atoms in total. The molecule has 1 atom stereocenters. The Kier molecular flexibility index (Phi) is 6.17. The lowest BCUT2D eigenvalue weighted by molar-refractivity contribution is 0.489. The van der Waals surface area contributed by atoms with Crippen molar-refractivity contribution in [2.45, 2.75) is 32.2 Å². The van der Waals surface area contributed by atoms with E-state index in [1.165, 1.54) is 11.3 Å². The van der Waals surface area contributed by atoms with Crippen LogP contribution < -0.4 is 5.32 Å². The predicted octanol–water partition coefficient (Wildman–Crippen LogP) is 3.84. The third kappa shape index (κ3) is 4.51. The lowest BCUT2D eigenvalue weighted by atomic mass is 10.0. The summed E-state index contributed by atoms with van der Waals surface area (Å²) in [6, 6.07) is 7.33. The largest absolute Gasteiger partial charge is 0.310 e. The van der Waals surface area contributed by atoms with Crippen LogP contribution in [0.1, 0.15) is 37.1 Å². The fourth-order valence-electron chi connectivity index (χ4n) is 2.41. The molecular weight excluding hydrogens is 380 g/mol. The fraction of sp³-hybridized carbons (Fsp3) is 0.438. The number of aromatic nitrogens is 2. The lowest BCUT2D eigenvalue weighted by Crippen LogP contribution is -2.24. The number of rotatable bonds is 7. The van der Waals surface area contributed by atoms with Gasteiger partial charge in [-0.25, -0.2) is 4.39 Å². The zero-order valence-electron chi connectivity index (χ0n) is 12.4. The molecule has 1 aromatic heterocycles. The number of halogens is 2. The van der Waals surface area contributed by atoms with Crippen LogP contribution in [0.4, 0.5) is 4.39 Å². The molecule has 21 heavy (non-hydrogen) atoms. The average Bonchev–Trinajstić information content (AvgIpc) is 2.85. The van der Waals surface area contributed by atoms with Gasteiger partial charge in [-0.05, 0) is 72.2 Å². The number of nitrogens with one attached hydrogen (secondary N) is 1. The third-order valence-corrected chi connectivity index (χ3v) is 4.52. The van der Waals surface area contributed by atoms with Crippen LogP contribution in [-0.4, -0.2) is 16.3 Å². The molecule has 1 aromatic carbocycles. The van der Waals surface area contributed by atoms with Gasteiger partial charge in [-0.1, -0.05) is 13.0 Å². The topological polar surface area (TPSA) is 29.9 Å². The SMILES string of the molecule is CCCNC(CCc1ccnn1C)c1ccc(F)cc1I. The summed E-state index contributed by atoms with van der Waals surface area (Å²) >= 11 is 2.22. The second-order valence-corrected chi connectivity index (χ2v) is 6.32. The molecule has 1 N–H and O–H groups in total. The van der Waals surface area contributed by atoms with Crippen LogP contribution in [0.2, 0.25) is 0 Å². The Balaban J connectivity index is 2.12. The van der Waals surface area contributed by atoms with Crippen LogP contribution in [0.3, 0.4) is 0 Å². The van der Waals surface area contributed by atoms with Crippen molar-refractivity contribution in [2.75, 3.05) is 6.54 Å². The second kappa shape index (κ2) is 7.89. The summed E-state index contributed by atoms with van der Waals surface area (Å²) < 4.78 is 16.2. The molecule has 1 heterocycles. The van der Waals surface area contributed by atoms with Crippen molar-refractivity contribution in [3.05, 3.63) is 51.1 Å². The summed E-state index contributed by atoms with van der Waals surface area (Å²) in [5.74, 6) is -0.177. The summed E-state index contributed by atoms with van der Waals surface area (Å²) in [6.45, 7) is 3.12. The van der Waals surface area contributed by atoms with Gasteiger partial charge in [0.1, 0.15) is 5.82 Å². The molecule has 1 unspecified atom stereocenters. The number of nitrogens with zero attached hydrogens (tertiary/aromatic N) is 2. The van der Waals surface area contributed by atoms with E-state index in [1.54, 1.807) is 12.1 Å². The number of hydrogen-bond donors (Lipinski definition) is 1. The summed E-state index contributed by atoms with van der Waals surface area (Å²) in [4.78, 5) is 0. The zero-order valence-corrected chi connectivity index (χ0v) is 14.6. The van der Waals surface area contributed by atoms with E-state index < -0.39 is 0 Å². The second-order valence-electron chi connectivity index (χ2n) is 5.16. The first-order valence-electron chi connectivity index (χ1n) is 7.27. The van der Waals surface area contributed by atoms with Gasteiger partial charge >= 0.3 is 0 Å². The molecule has 0 amide bonds. The summed E-state index contributed by atoms with van der Waals surface area (Å²) in [6.07, 6.45) is 4.83. The van der Waals surface area contributed by atoms with Gasteiger partial charge in [-0.3, -0.25) is 4.68 Å². The molecule has 2 rings (SSSR count). The number of hydrogen-bond acceptors (Lipinski definition) is 2. The van der Waals surface area contributed by atoms with E-state index in [-0.39, 0.29) is 11.9 Å². The van der Waals surface area contributed by atoms with E-state index >= 15 is 0 Å². The van der Waals surface area contributed by atoms with Crippen LogP contribution >= 0.6 is 22.6 Å². The van der Waals surface area contributed by atoms with Gasteiger partial charge in [0.25, 0.3) is 0 Å². The van der Waals surface area contributed by atoms with Gasteiger partial charge < -0.3 is 5.32 Å². The van der Waals surface area contributed by atoms with Crippen molar-refractivity contribution in [3.63, 3.8) is 0 Å². The molecule has 0 aliphatic rings. The van der Waals surface area contributed by atoms with Crippen LogP contribution in [0.5, 0.6) is 0 Å². The molecule has 2 aromatic rings. The van der Waals surface area contributed by atoms with Crippen molar-refractivity contribution in [1.29, 1.82) is 0 Å². The molecule has 0 bridgehead atoms. The van der Waals surface area contributed by atoms with Gasteiger partial charge in [0, 0.05) is 28.6 Å². The summed E-state index contributed by atoms with van der Waals surface area (Å²) in [7, 11) is 1.96. The molecular formula is C16H21FIN3. The maximum absolute atomic E-state index is 13.3. The maximum Gasteiger partial charge on any atom is 0.124 e. The highest BCUT2D eigenvalue weighted by Gasteiger charge is 2.15. The van der Waals surface area contributed by atoms with Gasteiger partial charge in [-0.2, -0.15) is 5.10 Å². The molecule has 0 saturated heterocycles. The molecule has 0 aliphatic carbocycles. The lowest BCUT2D eigenvalue weighted by Gasteiger charge is -2.20. The molecule has 114 valence electrons. The highest BCUT2D eigenvalue weighted by atomic mass is 127. The minimum absolute atomic E-state index is 0.177. The fourth-order valence-corrected chi connectivity index (χ4v) is 3.26. The van der Waals surface area contributed by atoms with E-state index in [1.807, 2.05) is 30.1 Å². The quantitative estimate of drug-likeness (QED) is 0.715. The normalized spacial score (nSPS) is 12.6. The van der Waals surface area contributed by atoms with Gasteiger partial charge in [0.15, 0.2) is 0 Å². The molecule has 0 fully saturated rings. The van der Waals surface area contributed by atoms with Crippen molar-refractivity contribution < 1.29 is 4.39 Å². The first-order chi connectivity index (χ1) is 10.1. The van der Waals surface area contributed by atoms with Gasteiger partial charge in [0.05, 0.1) is 0 Å². The first kappa shape index (κ1) is 16.4. The van der Waals surface area contributed by atoms with Gasteiger partial charge in [0.2, 0.25) is 0 Å². The van der Waals surface area contributed by atoms with E-state index in [4.69, 9.17) is 0 Å². The Morgan fingerprint density at radius 2 is 2.19 bits per heavy atom. The van der Waals surface area contributed by atoms with Crippen LogP contribution in [-0.2, 0) is 13.5 Å². The van der Waals surface area contributed by atoms with Crippen molar-refractivity contribution in [2.24, 2.45) is 7.05 Å². The number of benzene rings is 1. The maximum atomic E-state index is 13.3. The highest BCUT2D eigenvalue weighted by Crippen LogP contribution is 2.25. The molecule has 0 radical (unpaired) electrons. The minimum Gasteiger partial charge on any atom is -0.310 e. The summed E-state index contributed by atoms with van der Waals surface area (Å²) in [5.41, 5.74) is 2.39. The highest BCUT2D eigenvalue weighted by molar-refractivity contribution is 14.1. The molecule has 0 spiro atoms. The van der Waals surface area contributed by atoms with Crippen molar-refractivity contribution in [3.8, 4) is 0 Å². The van der Waals surface area contributed by atoms with Gasteiger partial charge in [-0.15, -0.1) is 0 Å². The average molecular weight is 401 g/mol. The molecule has 5 heteroatoms. The van der Waals surface area contributed by atoms with E-state index in [2.05, 4.69) is 39.9 Å². The van der Waals surface area contributed by atoms with Crippen LogP contribution in [0.25, 0.3) is 0 Å². The monoisotopic (exact) mass is 401 g/mol. The predicted molar refractivity (Wildman–Crippen MR) is 91.7 cm³/mol. The van der Waals surface area contributed by atoms with E-state index in [0.29, 0.717) is 0 Å². The minimum atomic E-state index is -0.177. The van der Waals surface area contributed by atoms with Crippen LogP contribution in [0.15, 0.2) is 30.5 Å². The smallest absolute Gasteiger partial charge is 0.124 e. The Labute approximate surface area is 139 Å². The number of aryl methyl sites for hydroxylation is 2. The standard InChI is InChI=1S/C16H21FIN3/c1-3-9-19-16(7-5-13-8-10-20-21(13)2)14-6-4-12(17)11-15(14)18/h4,6,8,10-11,16,19H,3,5,7,9H2,1-2H3. The van der Waals surface area contributed by atoms with Crippen molar-refractivity contribution in [1.82, 2.24) is 15.1 Å². The first-order valence-corrected chi connectivity index (χ1v) is 8.35. The molecule has 0 aliphatic heterocycles.